The Morgan fingerprint density at radius 3 is 1.67 bits per heavy atom. The maximum atomic E-state index is 3.58. The van der Waals surface area contributed by atoms with Crippen molar-refractivity contribution in [3.63, 3.8) is 0 Å². The molecule has 1 N–H and O–H groups in total. The van der Waals surface area contributed by atoms with E-state index in [2.05, 4.69) is 79.5 Å². The highest BCUT2D eigenvalue weighted by Gasteiger charge is 2.17. The van der Waals surface area contributed by atoms with Crippen LogP contribution in [-0.4, -0.2) is 27.2 Å². The van der Waals surface area contributed by atoms with E-state index in [9.17, 15) is 0 Å². The van der Waals surface area contributed by atoms with E-state index in [4.69, 9.17) is 0 Å². The Labute approximate surface area is 150 Å². The molecule has 0 amide bonds. The maximum Gasteiger partial charge on any atom is 0.0527 e. The largest absolute Gasteiger partial charge is 0.375 e. The molecule has 1 aliphatic rings. The van der Waals surface area contributed by atoms with E-state index in [1.807, 2.05) is 11.8 Å². The summed E-state index contributed by atoms with van der Waals surface area (Å²) in [7, 11) is 4.33. The molecule has 3 nitrogen and oxygen atoms in total. The molecular formula is C20H27N3S. The minimum atomic E-state index is 1.08. The number of anilines is 4. The Kier molecular flexibility index (Phi) is 5.24. The van der Waals surface area contributed by atoms with E-state index in [-0.39, 0.29) is 0 Å². The van der Waals surface area contributed by atoms with Crippen LogP contribution in [0, 0.1) is 0 Å². The molecule has 1 aliphatic heterocycles. The normalized spacial score (nSPS) is 12.2. The molecule has 0 radical (unpaired) electrons. The molecule has 0 fully saturated rings. The average molecular weight is 342 g/mol. The zero-order valence-corrected chi connectivity index (χ0v) is 15.9. The molecule has 0 unspecified atom stereocenters. The van der Waals surface area contributed by atoms with Crippen LogP contribution in [0.3, 0.4) is 0 Å². The maximum absolute atomic E-state index is 3.58. The van der Waals surface area contributed by atoms with Gasteiger partial charge in [0.25, 0.3) is 0 Å². The van der Waals surface area contributed by atoms with Crippen LogP contribution < -0.4 is 15.1 Å². The molecule has 2 aromatic rings. The van der Waals surface area contributed by atoms with Crippen LogP contribution in [0.2, 0.25) is 0 Å². The zero-order valence-electron chi connectivity index (χ0n) is 15.1. The highest BCUT2D eigenvalue weighted by molar-refractivity contribution is 7.99. The lowest BCUT2D eigenvalue weighted by Gasteiger charge is -2.26. The van der Waals surface area contributed by atoms with Gasteiger partial charge in [-0.15, -0.1) is 0 Å². The minimum Gasteiger partial charge on any atom is -0.375 e. The second-order valence-corrected chi connectivity index (χ2v) is 7.51. The van der Waals surface area contributed by atoms with E-state index in [1.54, 1.807) is 0 Å². The summed E-state index contributed by atoms with van der Waals surface area (Å²) in [4.78, 5) is 7.25. The molecule has 3 rings (SSSR count). The van der Waals surface area contributed by atoms with Gasteiger partial charge in [0.1, 0.15) is 0 Å². The van der Waals surface area contributed by atoms with Crippen LogP contribution in [0.1, 0.15) is 26.7 Å². The highest BCUT2D eigenvalue weighted by atomic mass is 32.2. The van der Waals surface area contributed by atoms with Crippen LogP contribution >= 0.6 is 11.8 Å². The third-order valence-electron chi connectivity index (χ3n) is 4.42. The minimum absolute atomic E-state index is 1.08. The van der Waals surface area contributed by atoms with Gasteiger partial charge in [0.2, 0.25) is 0 Å². The van der Waals surface area contributed by atoms with Crippen molar-refractivity contribution in [3.05, 3.63) is 36.4 Å². The van der Waals surface area contributed by atoms with Gasteiger partial charge in [0.05, 0.1) is 11.4 Å². The lowest BCUT2D eigenvalue weighted by atomic mass is 10.2. The Balaban J connectivity index is 1.86. The topological polar surface area (TPSA) is 18.5 Å². The first-order valence-electron chi connectivity index (χ1n) is 8.77. The predicted molar refractivity (Wildman–Crippen MR) is 107 cm³/mol. The molecular weight excluding hydrogens is 314 g/mol. The van der Waals surface area contributed by atoms with Gasteiger partial charge in [0.15, 0.2) is 0 Å². The van der Waals surface area contributed by atoms with Crippen LogP contribution in [0.25, 0.3) is 0 Å². The van der Waals surface area contributed by atoms with E-state index in [1.165, 1.54) is 32.5 Å². The van der Waals surface area contributed by atoms with Crippen molar-refractivity contribution in [1.82, 2.24) is 0 Å². The number of hydrogen-bond acceptors (Lipinski definition) is 4. The van der Waals surface area contributed by atoms with Gasteiger partial charge < -0.3 is 15.1 Å². The molecule has 0 atom stereocenters. The molecule has 0 aromatic heterocycles. The summed E-state index contributed by atoms with van der Waals surface area (Å²) in [6, 6.07) is 13.4. The molecule has 0 spiro atoms. The second kappa shape index (κ2) is 7.39. The van der Waals surface area contributed by atoms with Crippen molar-refractivity contribution in [2.24, 2.45) is 0 Å². The molecule has 0 bridgehead atoms. The fourth-order valence-corrected chi connectivity index (χ4v) is 4.12. The standard InChI is InChI=1S/C20H27N3S/c1-5-11-22(3)15-7-9-17-19(13-15)24-20-14-16(23(4)12-6-2)8-10-18(20)21-17/h7-10,13-14,21H,5-6,11-12H2,1-4H3. The molecule has 0 saturated carbocycles. The van der Waals surface area contributed by atoms with Crippen molar-refractivity contribution in [1.29, 1.82) is 0 Å². The summed E-state index contributed by atoms with van der Waals surface area (Å²) in [6.07, 6.45) is 2.32. The van der Waals surface area contributed by atoms with Crippen molar-refractivity contribution in [2.45, 2.75) is 36.5 Å². The molecule has 0 aliphatic carbocycles. The summed E-state index contributed by atoms with van der Waals surface area (Å²) in [6.45, 7) is 6.60. The first-order chi connectivity index (χ1) is 11.6. The Bertz CT molecular complexity index is 655. The number of fused-ring (bicyclic) bond motifs is 2. The van der Waals surface area contributed by atoms with Crippen LogP contribution in [0.5, 0.6) is 0 Å². The summed E-state index contributed by atoms with van der Waals surface area (Å²) < 4.78 is 0. The van der Waals surface area contributed by atoms with Crippen LogP contribution in [0.15, 0.2) is 46.2 Å². The number of rotatable bonds is 6. The van der Waals surface area contributed by atoms with Gasteiger partial charge in [0, 0.05) is 48.4 Å². The number of nitrogens with zero attached hydrogens (tertiary/aromatic N) is 2. The number of benzene rings is 2. The SMILES string of the molecule is CCCN(C)c1ccc2c(c1)Sc1cc(N(C)CCC)ccc1N2. The van der Waals surface area contributed by atoms with E-state index in [0.29, 0.717) is 0 Å². The fourth-order valence-electron chi connectivity index (χ4n) is 3.06. The smallest absolute Gasteiger partial charge is 0.0527 e. The van der Waals surface area contributed by atoms with Gasteiger partial charge in [-0.25, -0.2) is 0 Å². The fraction of sp³-hybridized carbons (Fsp3) is 0.400. The van der Waals surface area contributed by atoms with E-state index >= 15 is 0 Å². The highest BCUT2D eigenvalue weighted by Crippen LogP contribution is 2.46. The molecule has 24 heavy (non-hydrogen) atoms. The molecule has 1 heterocycles. The molecule has 4 heteroatoms. The lowest BCUT2D eigenvalue weighted by molar-refractivity contribution is 0.850. The molecule has 2 aromatic carbocycles. The van der Waals surface area contributed by atoms with Gasteiger partial charge in [-0.05, 0) is 49.2 Å². The van der Waals surface area contributed by atoms with Crippen molar-refractivity contribution < 1.29 is 0 Å². The van der Waals surface area contributed by atoms with Crippen molar-refractivity contribution in [2.75, 3.05) is 42.3 Å². The lowest BCUT2D eigenvalue weighted by Crippen LogP contribution is -2.18. The van der Waals surface area contributed by atoms with Crippen molar-refractivity contribution >= 4 is 34.5 Å². The van der Waals surface area contributed by atoms with Gasteiger partial charge in [-0.1, -0.05) is 25.6 Å². The van der Waals surface area contributed by atoms with Gasteiger partial charge >= 0.3 is 0 Å². The molecule has 0 saturated heterocycles. The van der Waals surface area contributed by atoms with Crippen LogP contribution in [0.4, 0.5) is 22.7 Å². The molecule has 128 valence electrons. The van der Waals surface area contributed by atoms with E-state index < -0.39 is 0 Å². The third-order valence-corrected chi connectivity index (χ3v) is 5.53. The van der Waals surface area contributed by atoms with Gasteiger partial charge in [-0.2, -0.15) is 0 Å². The Morgan fingerprint density at radius 2 is 1.25 bits per heavy atom. The van der Waals surface area contributed by atoms with Crippen molar-refractivity contribution in [3.8, 4) is 0 Å². The average Bonchev–Trinajstić information content (AvgIpc) is 2.59. The monoisotopic (exact) mass is 341 g/mol. The van der Waals surface area contributed by atoms with E-state index in [0.717, 1.165) is 25.9 Å². The summed E-state index contributed by atoms with van der Waals surface area (Å²) in [5.74, 6) is 0. The third kappa shape index (κ3) is 3.48. The Hall–Kier alpha value is -1.81. The zero-order chi connectivity index (χ0) is 17.1. The summed E-state index contributed by atoms with van der Waals surface area (Å²) in [5, 5.41) is 3.58. The Morgan fingerprint density at radius 1 is 0.792 bits per heavy atom. The number of nitrogens with one attached hydrogen (secondary N) is 1. The first-order valence-corrected chi connectivity index (χ1v) is 9.59. The van der Waals surface area contributed by atoms with Gasteiger partial charge in [-0.3, -0.25) is 0 Å². The first kappa shape index (κ1) is 17.0. The number of hydrogen-bond donors (Lipinski definition) is 1. The summed E-state index contributed by atoms with van der Waals surface area (Å²) >= 11 is 1.87. The second-order valence-electron chi connectivity index (χ2n) is 6.43. The summed E-state index contributed by atoms with van der Waals surface area (Å²) in [5.41, 5.74) is 4.98. The predicted octanol–water partition coefficient (Wildman–Crippen LogP) is 5.59. The van der Waals surface area contributed by atoms with Crippen LogP contribution in [-0.2, 0) is 0 Å². The quantitative estimate of drug-likeness (QED) is 0.630.